The first-order valence-electron chi connectivity index (χ1n) is 9.00. The molecule has 3 aromatic rings. The Bertz CT molecular complexity index is 1020. The van der Waals surface area contributed by atoms with E-state index in [0.29, 0.717) is 18.8 Å². The van der Waals surface area contributed by atoms with E-state index in [2.05, 4.69) is 9.88 Å². The Morgan fingerprint density at radius 3 is 2.48 bits per heavy atom. The van der Waals surface area contributed by atoms with E-state index in [1.54, 1.807) is 0 Å². The number of benzene rings is 2. The van der Waals surface area contributed by atoms with Gasteiger partial charge in [-0.15, -0.1) is 0 Å². The number of aromatic nitrogens is 1. The highest BCUT2D eigenvalue weighted by Crippen LogP contribution is 2.33. The minimum Gasteiger partial charge on any atom is -0.486 e. The summed E-state index contributed by atoms with van der Waals surface area (Å²) in [5, 5.41) is 3.01. The molecule has 0 aliphatic carbocycles. The molecule has 2 heterocycles. The summed E-state index contributed by atoms with van der Waals surface area (Å²) >= 11 is 0. The molecular formula is C22H22N2O3. The lowest BCUT2D eigenvalue weighted by atomic mass is 10.1. The fourth-order valence-electron chi connectivity index (χ4n) is 3.46. The van der Waals surface area contributed by atoms with Crippen LogP contribution in [0.4, 0.5) is 5.69 Å². The average Bonchev–Trinajstić information content (AvgIpc) is 2.97. The first kappa shape index (κ1) is 17.2. The summed E-state index contributed by atoms with van der Waals surface area (Å²) in [6.07, 6.45) is 0. The molecule has 5 nitrogen and oxygen atoms in total. The second kappa shape index (κ2) is 6.83. The van der Waals surface area contributed by atoms with Crippen LogP contribution in [0, 0.1) is 20.8 Å². The monoisotopic (exact) mass is 362 g/mol. The largest absolute Gasteiger partial charge is 0.486 e. The van der Waals surface area contributed by atoms with Gasteiger partial charge in [-0.1, -0.05) is 18.2 Å². The number of rotatable bonds is 3. The van der Waals surface area contributed by atoms with Crippen LogP contribution >= 0.6 is 0 Å². The Balaban J connectivity index is 1.68. The van der Waals surface area contributed by atoms with E-state index in [1.165, 1.54) is 0 Å². The van der Waals surface area contributed by atoms with E-state index in [9.17, 15) is 4.79 Å². The zero-order valence-electron chi connectivity index (χ0n) is 15.7. The van der Waals surface area contributed by atoms with Crippen LogP contribution in [0.2, 0.25) is 0 Å². The fourth-order valence-corrected chi connectivity index (χ4v) is 3.46. The number of fused-ring (bicyclic) bond motifs is 1. The Morgan fingerprint density at radius 1 is 0.963 bits per heavy atom. The summed E-state index contributed by atoms with van der Waals surface area (Å²) < 4.78 is 13.4. The van der Waals surface area contributed by atoms with Crippen molar-refractivity contribution in [3.8, 4) is 17.2 Å². The summed E-state index contributed by atoms with van der Waals surface area (Å²) in [6.45, 7) is 7.04. The van der Waals surface area contributed by atoms with E-state index in [4.69, 9.17) is 9.47 Å². The summed E-state index contributed by atoms with van der Waals surface area (Å²) in [6, 6.07) is 15.5. The highest BCUT2D eigenvalue weighted by Gasteiger charge is 2.19. The van der Waals surface area contributed by atoms with Crippen LogP contribution in [-0.2, 0) is 0 Å². The van der Waals surface area contributed by atoms with Crippen molar-refractivity contribution in [3.63, 3.8) is 0 Å². The third kappa shape index (κ3) is 3.16. The van der Waals surface area contributed by atoms with Crippen molar-refractivity contribution >= 4 is 11.6 Å². The van der Waals surface area contributed by atoms with Crippen molar-refractivity contribution in [2.24, 2.45) is 0 Å². The Labute approximate surface area is 158 Å². The van der Waals surface area contributed by atoms with Gasteiger partial charge in [-0.05, 0) is 50.6 Å². The van der Waals surface area contributed by atoms with Crippen LogP contribution < -0.4 is 14.8 Å². The number of carbonyl (C=O) groups excluding carboxylic acids is 1. The molecule has 0 unspecified atom stereocenters. The van der Waals surface area contributed by atoms with Gasteiger partial charge in [-0.25, -0.2) is 0 Å². The number of nitrogens with zero attached hydrogens (tertiary/aromatic N) is 1. The number of amides is 1. The van der Waals surface area contributed by atoms with Gasteiger partial charge in [0.25, 0.3) is 5.91 Å². The molecule has 0 atom stereocenters. The first-order valence-corrected chi connectivity index (χ1v) is 9.00. The lowest BCUT2D eigenvalue weighted by molar-refractivity contribution is 0.102. The SMILES string of the molecule is Cc1ccccc1NC(=O)c1cc(C)n(-c2ccc3c(c2)OCCO3)c1C. The number of para-hydroxylation sites is 1. The van der Waals surface area contributed by atoms with E-state index in [-0.39, 0.29) is 5.91 Å². The minimum absolute atomic E-state index is 0.110. The van der Waals surface area contributed by atoms with Crippen molar-refractivity contribution in [2.45, 2.75) is 20.8 Å². The molecule has 27 heavy (non-hydrogen) atoms. The van der Waals surface area contributed by atoms with Crippen LogP contribution in [-0.4, -0.2) is 23.7 Å². The van der Waals surface area contributed by atoms with Crippen LogP contribution in [0.15, 0.2) is 48.5 Å². The zero-order chi connectivity index (χ0) is 19.0. The van der Waals surface area contributed by atoms with Crippen LogP contribution in [0.25, 0.3) is 5.69 Å². The third-order valence-electron chi connectivity index (χ3n) is 4.85. The molecule has 1 aliphatic heterocycles. The van der Waals surface area contributed by atoms with E-state index in [0.717, 1.165) is 39.8 Å². The Morgan fingerprint density at radius 2 is 1.70 bits per heavy atom. The molecule has 4 rings (SSSR count). The van der Waals surface area contributed by atoms with Gasteiger partial charge in [0, 0.05) is 28.8 Å². The van der Waals surface area contributed by atoms with Crippen LogP contribution in [0.1, 0.15) is 27.3 Å². The molecule has 0 saturated heterocycles. The predicted molar refractivity (Wildman–Crippen MR) is 105 cm³/mol. The van der Waals surface area contributed by atoms with Crippen LogP contribution in [0.3, 0.4) is 0 Å². The smallest absolute Gasteiger partial charge is 0.257 e. The molecule has 0 spiro atoms. The number of hydrogen-bond donors (Lipinski definition) is 1. The van der Waals surface area contributed by atoms with Gasteiger partial charge in [0.05, 0.1) is 5.56 Å². The molecular weight excluding hydrogens is 340 g/mol. The van der Waals surface area contributed by atoms with Gasteiger partial charge < -0.3 is 19.4 Å². The second-order valence-electron chi connectivity index (χ2n) is 6.72. The lowest BCUT2D eigenvalue weighted by Gasteiger charge is -2.20. The van der Waals surface area contributed by atoms with Crippen molar-refractivity contribution in [1.82, 2.24) is 4.57 Å². The maximum atomic E-state index is 12.8. The van der Waals surface area contributed by atoms with E-state index >= 15 is 0 Å². The van der Waals surface area contributed by atoms with Gasteiger partial charge in [-0.2, -0.15) is 0 Å². The molecule has 0 saturated carbocycles. The van der Waals surface area contributed by atoms with Gasteiger partial charge in [-0.3, -0.25) is 4.79 Å². The number of nitrogens with one attached hydrogen (secondary N) is 1. The lowest BCUT2D eigenvalue weighted by Crippen LogP contribution is -2.16. The second-order valence-corrected chi connectivity index (χ2v) is 6.72. The summed E-state index contributed by atoms with van der Waals surface area (Å²) in [5.41, 5.74) is 5.34. The van der Waals surface area contributed by atoms with Crippen molar-refractivity contribution in [2.75, 3.05) is 18.5 Å². The summed E-state index contributed by atoms with van der Waals surface area (Å²) in [5.74, 6) is 1.38. The number of ether oxygens (including phenoxy) is 2. The molecule has 138 valence electrons. The summed E-state index contributed by atoms with van der Waals surface area (Å²) in [4.78, 5) is 12.8. The van der Waals surface area contributed by atoms with Crippen molar-refractivity contribution in [1.29, 1.82) is 0 Å². The quantitative estimate of drug-likeness (QED) is 0.750. The molecule has 5 heteroatoms. The van der Waals surface area contributed by atoms with Crippen LogP contribution in [0.5, 0.6) is 11.5 Å². The molecule has 0 bridgehead atoms. The fraction of sp³-hybridized carbons (Fsp3) is 0.227. The number of hydrogen-bond acceptors (Lipinski definition) is 3. The number of aryl methyl sites for hydroxylation is 2. The van der Waals surface area contributed by atoms with Gasteiger partial charge in [0.1, 0.15) is 13.2 Å². The zero-order valence-corrected chi connectivity index (χ0v) is 15.7. The number of carbonyl (C=O) groups is 1. The van der Waals surface area contributed by atoms with E-state index in [1.807, 2.05) is 69.3 Å². The molecule has 1 amide bonds. The maximum Gasteiger partial charge on any atom is 0.257 e. The van der Waals surface area contributed by atoms with Gasteiger partial charge in [0.15, 0.2) is 11.5 Å². The molecule has 1 aliphatic rings. The molecule has 1 N–H and O–H groups in total. The third-order valence-corrected chi connectivity index (χ3v) is 4.85. The molecule has 1 aromatic heterocycles. The van der Waals surface area contributed by atoms with Gasteiger partial charge in [0.2, 0.25) is 0 Å². The summed E-state index contributed by atoms with van der Waals surface area (Å²) in [7, 11) is 0. The number of anilines is 1. The Kier molecular flexibility index (Phi) is 4.36. The standard InChI is InChI=1S/C22H22N2O3/c1-14-6-4-5-7-19(14)23-22(25)18-12-15(2)24(16(18)3)17-8-9-20-21(13-17)27-11-10-26-20/h4-9,12-13H,10-11H2,1-3H3,(H,23,25). The molecule has 0 radical (unpaired) electrons. The maximum absolute atomic E-state index is 12.8. The van der Waals surface area contributed by atoms with E-state index < -0.39 is 0 Å². The van der Waals surface area contributed by atoms with Crippen molar-refractivity contribution in [3.05, 3.63) is 71.0 Å². The normalized spacial score (nSPS) is 12.7. The topological polar surface area (TPSA) is 52.5 Å². The Hall–Kier alpha value is -3.21. The van der Waals surface area contributed by atoms with Crippen molar-refractivity contribution < 1.29 is 14.3 Å². The molecule has 2 aromatic carbocycles. The average molecular weight is 362 g/mol. The molecule has 0 fully saturated rings. The van der Waals surface area contributed by atoms with Gasteiger partial charge >= 0.3 is 0 Å². The highest BCUT2D eigenvalue weighted by atomic mass is 16.6. The first-order chi connectivity index (χ1) is 13.0. The minimum atomic E-state index is -0.110. The predicted octanol–water partition coefficient (Wildman–Crippen LogP) is 4.43. The highest BCUT2D eigenvalue weighted by molar-refractivity contribution is 6.05.